The Hall–Kier alpha value is -0.730. The van der Waals surface area contributed by atoms with E-state index in [1.165, 1.54) is 32.1 Å². The van der Waals surface area contributed by atoms with Crippen molar-refractivity contribution in [1.29, 1.82) is 0 Å². The van der Waals surface area contributed by atoms with E-state index in [4.69, 9.17) is 0 Å². The van der Waals surface area contributed by atoms with E-state index in [9.17, 15) is 4.79 Å². The molecular weight excluding hydrogens is 212 g/mol. The van der Waals surface area contributed by atoms with E-state index in [1.807, 2.05) is 4.90 Å². The SMILES string of the molecule is CCCN(CCC)C(=O)NCC1CCCCC1. The number of carbonyl (C=O) groups excluding carboxylic acids is 1. The van der Waals surface area contributed by atoms with Crippen molar-refractivity contribution in [2.45, 2.75) is 58.8 Å². The molecule has 1 aliphatic carbocycles. The smallest absolute Gasteiger partial charge is 0.317 e. The molecule has 0 aromatic rings. The summed E-state index contributed by atoms with van der Waals surface area (Å²) >= 11 is 0. The molecule has 1 N–H and O–H groups in total. The van der Waals surface area contributed by atoms with Crippen LogP contribution in [-0.4, -0.2) is 30.6 Å². The molecule has 3 nitrogen and oxygen atoms in total. The highest BCUT2D eigenvalue weighted by Crippen LogP contribution is 2.22. The first kappa shape index (κ1) is 14.3. The predicted octanol–water partition coefficient (Wildman–Crippen LogP) is 3.40. The van der Waals surface area contributed by atoms with E-state index >= 15 is 0 Å². The summed E-state index contributed by atoms with van der Waals surface area (Å²) in [7, 11) is 0. The lowest BCUT2D eigenvalue weighted by molar-refractivity contribution is 0.194. The molecule has 3 heteroatoms. The maximum Gasteiger partial charge on any atom is 0.317 e. The number of rotatable bonds is 6. The monoisotopic (exact) mass is 240 g/mol. The van der Waals surface area contributed by atoms with E-state index in [-0.39, 0.29) is 6.03 Å². The van der Waals surface area contributed by atoms with Crippen molar-refractivity contribution in [3.05, 3.63) is 0 Å². The molecule has 0 atom stereocenters. The van der Waals surface area contributed by atoms with Crippen LogP contribution < -0.4 is 5.32 Å². The summed E-state index contributed by atoms with van der Waals surface area (Å²) < 4.78 is 0. The third kappa shape index (κ3) is 5.42. The van der Waals surface area contributed by atoms with Crippen molar-refractivity contribution in [3.8, 4) is 0 Å². The Balaban J connectivity index is 2.25. The van der Waals surface area contributed by atoms with Crippen LogP contribution >= 0.6 is 0 Å². The first-order valence-electron chi connectivity index (χ1n) is 7.30. The number of amides is 2. The van der Waals surface area contributed by atoms with Crippen molar-refractivity contribution in [3.63, 3.8) is 0 Å². The van der Waals surface area contributed by atoms with Gasteiger partial charge in [0, 0.05) is 19.6 Å². The lowest BCUT2D eigenvalue weighted by atomic mass is 9.89. The average Bonchev–Trinajstić information content (AvgIpc) is 2.37. The fourth-order valence-electron chi connectivity index (χ4n) is 2.59. The summed E-state index contributed by atoms with van der Waals surface area (Å²) in [6.45, 7) is 6.88. The number of urea groups is 1. The van der Waals surface area contributed by atoms with Gasteiger partial charge in [-0.25, -0.2) is 4.79 Å². The molecule has 0 bridgehead atoms. The number of hydrogen-bond acceptors (Lipinski definition) is 1. The Labute approximate surface area is 106 Å². The van der Waals surface area contributed by atoms with Crippen LogP contribution in [0.2, 0.25) is 0 Å². The predicted molar refractivity (Wildman–Crippen MR) is 72.1 cm³/mol. The van der Waals surface area contributed by atoms with Crippen molar-refractivity contribution >= 4 is 6.03 Å². The van der Waals surface area contributed by atoms with Crippen LogP contribution in [0.3, 0.4) is 0 Å². The van der Waals surface area contributed by atoms with Crippen LogP contribution in [0, 0.1) is 5.92 Å². The van der Waals surface area contributed by atoms with Crippen molar-refractivity contribution < 1.29 is 4.79 Å². The third-order valence-corrected chi connectivity index (χ3v) is 3.54. The summed E-state index contributed by atoms with van der Waals surface area (Å²) in [6.07, 6.45) is 8.72. The second kappa shape index (κ2) is 8.37. The van der Waals surface area contributed by atoms with Crippen molar-refractivity contribution in [2.75, 3.05) is 19.6 Å². The largest absolute Gasteiger partial charge is 0.338 e. The van der Waals surface area contributed by atoms with Gasteiger partial charge in [-0.15, -0.1) is 0 Å². The minimum absolute atomic E-state index is 0.138. The van der Waals surface area contributed by atoms with Gasteiger partial charge < -0.3 is 10.2 Å². The fourth-order valence-corrected chi connectivity index (χ4v) is 2.59. The van der Waals surface area contributed by atoms with E-state index in [1.54, 1.807) is 0 Å². The zero-order valence-electron chi connectivity index (χ0n) is 11.5. The van der Waals surface area contributed by atoms with Gasteiger partial charge in [0.25, 0.3) is 0 Å². The van der Waals surface area contributed by atoms with Gasteiger partial charge in [-0.1, -0.05) is 33.1 Å². The Kier molecular flexibility index (Phi) is 7.06. The summed E-state index contributed by atoms with van der Waals surface area (Å²) in [6, 6.07) is 0.138. The zero-order valence-corrected chi connectivity index (χ0v) is 11.5. The lowest BCUT2D eigenvalue weighted by Gasteiger charge is -2.25. The molecule has 1 rings (SSSR count). The summed E-state index contributed by atoms with van der Waals surface area (Å²) in [5.41, 5.74) is 0. The second-order valence-electron chi connectivity index (χ2n) is 5.18. The van der Waals surface area contributed by atoms with Gasteiger partial charge >= 0.3 is 6.03 Å². The molecule has 0 saturated heterocycles. The molecule has 1 saturated carbocycles. The maximum absolute atomic E-state index is 12.0. The van der Waals surface area contributed by atoms with Gasteiger partial charge in [0.1, 0.15) is 0 Å². The zero-order chi connectivity index (χ0) is 12.5. The van der Waals surface area contributed by atoms with E-state index in [0.717, 1.165) is 38.4 Å². The van der Waals surface area contributed by atoms with E-state index in [0.29, 0.717) is 0 Å². The topological polar surface area (TPSA) is 32.3 Å². The summed E-state index contributed by atoms with van der Waals surface area (Å²) in [4.78, 5) is 13.9. The molecule has 0 aromatic carbocycles. The Morgan fingerprint density at radius 3 is 2.24 bits per heavy atom. The molecule has 1 fully saturated rings. The molecule has 0 heterocycles. The van der Waals surface area contributed by atoms with E-state index < -0.39 is 0 Å². The molecular formula is C14H28N2O. The third-order valence-electron chi connectivity index (χ3n) is 3.54. The number of nitrogens with zero attached hydrogens (tertiary/aromatic N) is 1. The molecule has 2 amide bonds. The Morgan fingerprint density at radius 2 is 1.71 bits per heavy atom. The van der Waals surface area contributed by atoms with Crippen LogP contribution in [0.15, 0.2) is 0 Å². The highest BCUT2D eigenvalue weighted by atomic mass is 16.2. The van der Waals surface area contributed by atoms with Crippen molar-refractivity contribution in [2.24, 2.45) is 5.92 Å². The summed E-state index contributed by atoms with van der Waals surface area (Å²) in [5.74, 6) is 0.720. The van der Waals surface area contributed by atoms with Gasteiger partial charge in [-0.2, -0.15) is 0 Å². The molecule has 0 aliphatic heterocycles. The standard InChI is InChI=1S/C14H28N2O/c1-3-10-16(11-4-2)14(17)15-12-13-8-6-5-7-9-13/h13H,3-12H2,1-2H3,(H,15,17). The molecule has 0 unspecified atom stereocenters. The fraction of sp³-hybridized carbons (Fsp3) is 0.929. The number of carbonyl (C=O) groups is 1. The van der Waals surface area contributed by atoms with Crippen molar-refractivity contribution in [1.82, 2.24) is 10.2 Å². The molecule has 100 valence electrons. The van der Waals surface area contributed by atoms with Crippen LogP contribution in [0.4, 0.5) is 4.79 Å². The van der Waals surface area contributed by atoms with Crippen LogP contribution in [0.1, 0.15) is 58.8 Å². The van der Waals surface area contributed by atoms with Gasteiger partial charge in [-0.05, 0) is 31.6 Å². The normalized spacial score (nSPS) is 16.8. The van der Waals surface area contributed by atoms with Gasteiger partial charge in [-0.3, -0.25) is 0 Å². The quantitative estimate of drug-likeness (QED) is 0.758. The minimum Gasteiger partial charge on any atom is -0.338 e. The molecule has 0 spiro atoms. The highest BCUT2D eigenvalue weighted by molar-refractivity contribution is 5.74. The first-order chi connectivity index (χ1) is 8.27. The van der Waals surface area contributed by atoms with E-state index in [2.05, 4.69) is 19.2 Å². The lowest BCUT2D eigenvalue weighted by Crippen LogP contribution is -2.42. The van der Waals surface area contributed by atoms with Gasteiger partial charge in [0.2, 0.25) is 0 Å². The second-order valence-corrected chi connectivity index (χ2v) is 5.18. The number of hydrogen-bond donors (Lipinski definition) is 1. The summed E-state index contributed by atoms with van der Waals surface area (Å²) in [5, 5.41) is 3.11. The van der Waals surface area contributed by atoms with Gasteiger partial charge in [0.05, 0.1) is 0 Å². The Bertz CT molecular complexity index is 206. The maximum atomic E-state index is 12.0. The molecule has 0 radical (unpaired) electrons. The van der Waals surface area contributed by atoms with Crippen LogP contribution in [-0.2, 0) is 0 Å². The Morgan fingerprint density at radius 1 is 1.12 bits per heavy atom. The molecule has 0 aromatic heterocycles. The number of nitrogens with one attached hydrogen (secondary N) is 1. The molecule has 1 aliphatic rings. The van der Waals surface area contributed by atoms with Crippen LogP contribution in [0.5, 0.6) is 0 Å². The van der Waals surface area contributed by atoms with Crippen LogP contribution in [0.25, 0.3) is 0 Å². The van der Waals surface area contributed by atoms with Gasteiger partial charge in [0.15, 0.2) is 0 Å². The first-order valence-corrected chi connectivity index (χ1v) is 7.30. The molecule has 17 heavy (non-hydrogen) atoms. The average molecular weight is 240 g/mol. The minimum atomic E-state index is 0.138. The highest BCUT2D eigenvalue weighted by Gasteiger charge is 2.16.